The third-order valence-electron chi connectivity index (χ3n) is 0.172. The van der Waals surface area contributed by atoms with E-state index in [4.69, 9.17) is 8.32 Å². The van der Waals surface area contributed by atoms with E-state index in [1.807, 2.05) is 0 Å². The van der Waals surface area contributed by atoms with E-state index in [9.17, 15) is 15.2 Å². The maximum absolute atomic E-state index is 9.53. The van der Waals surface area contributed by atoms with Gasteiger partial charge in [0.2, 0.25) is 0 Å². The second-order valence-electron chi connectivity index (χ2n) is 0.924. The molecule has 0 fully saturated rings. The van der Waals surface area contributed by atoms with Gasteiger partial charge in [-0.25, -0.2) is 0 Å². The zero-order valence-corrected chi connectivity index (χ0v) is 7.55. The van der Waals surface area contributed by atoms with Crippen molar-refractivity contribution in [2.24, 2.45) is 0 Å². The Kier molecular flexibility index (Phi) is 11.6. The predicted octanol–water partition coefficient (Wildman–Crippen LogP) is -2.31. The minimum atomic E-state index is -5.76. The van der Waals surface area contributed by atoms with E-state index in [2.05, 4.69) is 2.84 Å². The van der Waals surface area contributed by atoms with E-state index >= 15 is 0 Å². The summed E-state index contributed by atoms with van der Waals surface area (Å²) in [7, 11) is 0. The normalized spacial score (nSPS) is 11.1. The SMILES string of the molecule is [Cu].[KH].[O]=[Cr](=[O])([OH])[O][Cr](=[O])(=[O])[OH]. The summed E-state index contributed by atoms with van der Waals surface area (Å²) in [5.74, 6) is 0. The van der Waals surface area contributed by atoms with E-state index in [-0.39, 0.29) is 68.5 Å². The van der Waals surface area contributed by atoms with Crippen molar-refractivity contribution in [2.75, 3.05) is 0 Å². The van der Waals surface area contributed by atoms with E-state index in [0.717, 1.165) is 0 Å². The van der Waals surface area contributed by atoms with Crippen molar-refractivity contribution in [2.45, 2.75) is 0 Å². The first kappa shape index (κ1) is 19.0. The van der Waals surface area contributed by atoms with Crippen molar-refractivity contribution in [1.29, 1.82) is 0 Å². The first-order chi connectivity index (χ1) is 3.71. The molecule has 69 valence electrons. The molecule has 0 aliphatic heterocycles. The molecule has 7 nitrogen and oxygen atoms in total. The Bertz CT molecular complexity index is 242. The summed E-state index contributed by atoms with van der Waals surface area (Å²) in [6.07, 6.45) is 0. The van der Waals surface area contributed by atoms with Crippen LogP contribution < -0.4 is 0 Å². The Labute approximate surface area is 120 Å². The Morgan fingerprint density at radius 2 is 1.09 bits per heavy atom. The molecule has 0 atom stereocenters. The van der Waals surface area contributed by atoms with Crippen LogP contribution in [0.2, 0.25) is 0 Å². The van der Waals surface area contributed by atoms with Crippen molar-refractivity contribution < 1.29 is 70.7 Å². The van der Waals surface area contributed by atoms with Crippen LogP contribution in [-0.2, 0) is 62.3 Å². The molecule has 0 spiro atoms. The van der Waals surface area contributed by atoms with Gasteiger partial charge in [-0.15, -0.1) is 0 Å². The van der Waals surface area contributed by atoms with Crippen LogP contribution >= 0.6 is 0 Å². The quantitative estimate of drug-likeness (QED) is 0.548. The van der Waals surface area contributed by atoms with Gasteiger partial charge in [-0.1, -0.05) is 0 Å². The molecule has 0 saturated heterocycles. The van der Waals surface area contributed by atoms with Crippen LogP contribution in [0.3, 0.4) is 0 Å². The average Bonchev–Trinajstić information content (AvgIpc) is 1.14. The van der Waals surface area contributed by atoms with Gasteiger partial charge in [0.15, 0.2) is 0 Å². The van der Waals surface area contributed by atoms with Gasteiger partial charge in [0.25, 0.3) is 0 Å². The molecule has 1 radical (unpaired) electrons. The molecular weight excluding hydrogens is 319 g/mol. The van der Waals surface area contributed by atoms with Gasteiger partial charge in [-0.2, -0.15) is 0 Å². The van der Waals surface area contributed by atoms with Crippen molar-refractivity contribution in [3.8, 4) is 0 Å². The molecule has 11 heteroatoms. The van der Waals surface area contributed by atoms with E-state index in [1.54, 1.807) is 0 Å². The molecule has 0 aromatic rings. The Hall–Kier alpha value is 2.30. The summed E-state index contributed by atoms with van der Waals surface area (Å²) in [5.41, 5.74) is 0. The fourth-order valence-electron chi connectivity index (χ4n) is 0.109. The van der Waals surface area contributed by atoms with Gasteiger partial charge in [0, 0.05) is 17.1 Å². The van der Waals surface area contributed by atoms with Gasteiger partial charge >= 0.3 is 105 Å². The van der Waals surface area contributed by atoms with Crippen molar-refractivity contribution >= 4 is 51.4 Å². The average molecular weight is 322 g/mol. The minimum absolute atomic E-state index is 0. The topological polar surface area (TPSA) is 118 Å². The maximum atomic E-state index is 9.53. The van der Waals surface area contributed by atoms with Crippen molar-refractivity contribution in [3.63, 3.8) is 0 Å². The van der Waals surface area contributed by atoms with Gasteiger partial charge in [0.1, 0.15) is 0 Å². The van der Waals surface area contributed by atoms with Crippen molar-refractivity contribution in [1.82, 2.24) is 0 Å². The van der Waals surface area contributed by atoms with Gasteiger partial charge in [-0.3, -0.25) is 0 Å². The standard InChI is InChI=1S/2Cr.Cu.K.2H2O.5O.H/h;;;;2*1H2;;;;;;/q2*+1;;;;;;;;;;/p-2. The fraction of sp³-hybridized carbons (Fsp3) is 0. The summed E-state index contributed by atoms with van der Waals surface area (Å²) in [4.78, 5) is 0. The van der Waals surface area contributed by atoms with Gasteiger partial charge in [-0.05, 0) is 0 Å². The number of hydrogen-bond donors (Lipinski definition) is 2. The van der Waals surface area contributed by atoms with E-state index in [0.29, 0.717) is 0 Å². The molecule has 2 N–H and O–H groups in total. The fourth-order valence-corrected chi connectivity index (χ4v) is 1.85. The van der Waals surface area contributed by atoms with Crippen LogP contribution in [-0.4, -0.2) is 59.7 Å². The van der Waals surface area contributed by atoms with Crippen LogP contribution in [0.15, 0.2) is 0 Å². The number of hydrogen-bond acceptors (Lipinski definition) is 5. The first-order valence-electron chi connectivity index (χ1n) is 1.37. The molecule has 0 unspecified atom stereocenters. The molecule has 0 heterocycles. The second-order valence-corrected chi connectivity index (χ2v) is 4.68. The van der Waals surface area contributed by atoms with Crippen LogP contribution in [0.4, 0.5) is 0 Å². The Balaban J connectivity index is -0.000000320. The van der Waals surface area contributed by atoms with E-state index in [1.165, 1.54) is 0 Å². The third-order valence-corrected chi connectivity index (χ3v) is 2.92. The van der Waals surface area contributed by atoms with Crippen LogP contribution in [0.25, 0.3) is 0 Å². The predicted molar refractivity (Wildman–Crippen MR) is 15.4 cm³/mol. The Morgan fingerprint density at radius 1 is 0.909 bits per heavy atom. The van der Waals surface area contributed by atoms with Gasteiger partial charge < -0.3 is 0 Å². The molecule has 0 aromatic carbocycles. The number of rotatable bonds is 2. The van der Waals surface area contributed by atoms with Gasteiger partial charge in [0.05, 0.1) is 0 Å². The zero-order chi connectivity index (χ0) is 7.71. The summed E-state index contributed by atoms with van der Waals surface area (Å²) in [5, 5.41) is 0. The molecule has 0 saturated carbocycles. The molecule has 0 bridgehead atoms. The molecular formula is H3Cr2CuKO7. The molecule has 0 aromatic heterocycles. The molecule has 0 aliphatic carbocycles. The zero-order valence-electron chi connectivity index (χ0n) is 4.05. The molecule has 0 rings (SSSR count). The second kappa shape index (κ2) is 6.71. The summed E-state index contributed by atoms with van der Waals surface area (Å²) in [6.45, 7) is 0. The molecule has 0 aliphatic rings. The Morgan fingerprint density at radius 3 is 1.09 bits per heavy atom. The third kappa shape index (κ3) is 18.9. The monoisotopic (exact) mass is 321 g/mol. The van der Waals surface area contributed by atoms with Crippen LogP contribution in [0, 0.1) is 0 Å². The van der Waals surface area contributed by atoms with E-state index < -0.39 is 27.2 Å². The molecule has 0 amide bonds. The summed E-state index contributed by atoms with van der Waals surface area (Å²) < 4.78 is 56.3. The molecule has 11 heavy (non-hydrogen) atoms. The first-order valence-corrected chi connectivity index (χ1v) is 5.63. The van der Waals surface area contributed by atoms with Crippen LogP contribution in [0.5, 0.6) is 0 Å². The summed E-state index contributed by atoms with van der Waals surface area (Å²) >= 11 is -11.5. The van der Waals surface area contributed by atoms with Crippen molar-refractivity contribution in [3.05, 3.63) is 0 Å². The van der Waals surface area contributed by atoms with Crippen LogP contribution in [0.1, 0.15) is 0 Å². The summed E-state index contributed by atoms with van der Waals surface area (Å²) in [6, 6.07) is 0.